The van der Waals surface area contributed by atoms with Gasteiger partial charge in [-0.05, 0) is 31.2 Å². The molecule has 1 N–H and O–H groups in total. The fourth-order valence-electron chi connectivity index (χ4n) is 1.88. The van der Waals surface area contributed by atoms with Crippen LogP contribution in [-0.2, 0) is 0 Å². The molecule has 0 spiro atoms. The van der Waals surface area contributed by atoms with Gasteiger partial charge in [0.2, 0.25) is 5.82 Å². The van der Waals surface area contributed by atoms with Gasteiger partial charge in [0, 0.05) is 0 Å². The summed E-state index contributed by atoms with van der Waals surface area (Å²) in [5.74, 6) is -1.70. The third-order valence-electron chi connectivity index (χ3n) is 2.80. The molecule has 20 heavy (non-hydrogen) atoms. The number of hydrogen-bond acceptors (Lipinski definition) is 3. The molecule has 0 saturated carbocycles. The zero-order chi connectivity index (χ0) is 14.7. The molecule has 0 unspecified atom stereocenters. The van der Waals surface area contributed by atoms with E-state index in [1.54, 1.807) is 18.2 Å². The fraction of sp³-hybridized carbons (Fsp3) is 0.200. The maximum atomic E-state index is 13.6. The quantitative estimate of drug-likeness (QED) is 0.925. The highest BCUT2D eigenvalue weighted by Crippen LogP contribution is 2.37. The Balaban J connectivity index is 2.46. The Kier molecular flexibility index (Phi) is 4.20. The Morgan fingerprint density at radius 1 is 1.00 bits per heavy atom. The maximum Gasteiger partial charge on any atom is 0.201 e. The number of ether oxygens (including phenoxy) is 2. The molecular formula is C15H14F2O3. The Labute approximate surface area is 115 Å². The molecule has 2 rings (SSSR count). The first-order chi connectivity index (χ1) is 9.54. The van der Waals surface area contributed by atoms with Crippen molar-refractivity contribution in [1.29, 1.82) is 0 Å². The predicted octanol–water partition coefficient (Wildman–Crippen LogP) is 3.82. The molecule has 0 bridgehead atoms. The zero-order valence-electron chi connectivity index (χ0n) is 11.1. The van der Waals surface area contributed by atoms with Gasteiger partial charge in [-0.3, -0.25) is 0 Å². The van der Waals surface area contributed by atoms with Gasteiger partial charge in [0.25, 0.3) is 0 Å². The normalized spacial score (nSPS) is 12.1. The lowest BCUT2D eigenvalue weighted by Gasteiger charge is -2.16. The van der Waals surface area contributed by atoms with Crippen molar-refractivity contribution < 1.29 is 23.4 Å². The number of aliphatic hydroxyl groups is 1. The summed E-state index contributed by atoms with van der Waals surface area (Å²) >= 11 is 0. The molecule has 0 heterocycles. The van der Waals surface area contributed by atoms with E-state index in [-0.39, 0.29) is 11.5 Å². The number of halogens is 2. The fourth-order valence-corrected chi connectivity index (χ4v) is 1.88. The van der Waals surface area contributed by atoms with Crippen LogP contribution < -0.4 is 9.47 Å². The Bertz CT molecular complexity index is 612. The van der Waals surface area contributed by atoms with Gasteiger partial charge < -0.3 is 14.6 Å². The van der Waals surface area contributed by atoms with Crippen molar-refractivity contribution in [1.82, 2.24) is 0 Å². The van der Waals surface area contributed by atoms with E-state index in [0.717, 1.165) is 6.07 Å². The van der Waals surface area contributed by atoms with Crippen molar-refractivity contribution in [3.05, 3.63) is 53.6 Å². The monoisotopic (exact) mass is 280 g/mol. The molecule has 2 aromatic rings. The summed E-state index contributed by atoms with van der Waals surface area (Å²) in [7, 11) is 1.45. The molecule has 0 fully saturated rings. The Morgan fingerprint density at radius 2 is 1.60 bits per heavy atom. The van der Waals surface area contributed by atoms with Crippen molar-refractivity contribution in [2.24, 2.45) is 0 Å². The van der Waals surface area contributed by atoms with Crippen LogP contribution in [0.25, 0.3) is 0 Å². The highest BCUT2D eigenvalue weighted by atomic mass is 19.2. The molecule has 106 valence electrons. The second-order valence-electron chi connectivity index (χ2n) is 4.20. The molecule has 2 aromatic carbocycles. The summed E-state index contributed by atoms with van der Waals surface area (Å²) in [6, 6.07) is 8.49. The lowest BCUT2D eigenvalue weighted by molar-refractivity contribution is 0.190. The van der Waals surface area contributed by atoms with E-state index in [1.807, 2.05) is 0 Å². The van der Waals surface area contributed by atoms with Crippen LogP contribution in [0.5, 0.6) is 17.2 Å². The van der Waals surface area contributed by atoms with Gasteiger partial charge in [-0.1, -0.05) is 12.1 Å². The summed E-state index contributed by atoms with van der Waals surface area (Å²) in [6.07, 6.45) is -0.877. The lowest BCUT2D eigenvalue weighted by atomic mass is 10.1. The van der Waals surface area contributed by atoms with Gasteiger partial charge in [-0.25, -0.2) is 4.39 Å². The van der Waals surface area contributed by atoms with Gasteiger partial charge in [0.1, 0.15) is 11.5 Å². The lowest BCUT2D eigenvalue weighted by Crippen LogP contribution is -2.01. The van der Waals surface area contributed by atoms with Gasteiger partial charge in [0.05, 0.1) is 18.8 Å². The van der Waals surface area contributed by atoms with E-state index in [4.69, 9.17) is 9.47 Å². The molecule has 0 aliphatic heterocycles. The largest absolute Gasteiger partial charge is 0.496 e. The van der Waals surface area contributed by atoms with Crippen molar-refractivity contribution in [3.8, 4) is 17.2 Å². The first-order valence-corrected chi connectivity index (χ1v) is 6.01. The molecule has 0 radical (unpaired) electrons. The highest BCUT2D eigenvalue weighted by Gasteiger charge is 2.18. The Morgan fingerprint density at radius 3 is 2.25 bits per heavy atom. The zero-order valence-corrected chi connectivity index (χ0v) is 11.1. The smallest absolute Gasteiger partial charge is 0.201 e. The van der Waals surface area contributed by atoms with Crippen LogP contribution in [0.4, 0.5) is 8.78 Å². The van der Waals surface area contributed by atoms with Gasteiger partial charge in [0.15, 0.2) is 11.6 Å². The van der Waals surface area contributed by atoms with E-state index in [2.05, 4.69) is 0 Å². The van der Waals surface area contributed by atoms with E-state index in [1.165, 1.54) is 26.2 Å². The van der Waals surface area contributed by atoms with Crippen LogP contribution in [0.1, 0.15) is 18.6 Å². The van der Waals surface area contributed by atoms with Crippen LogP contribution in [-0.4, -0.2) is 12.2 Å². The average molecular weight is 280 g/mol. The summed E-state index contributed by atoms with van der Waals surface area (Å²) in [4.78, 5) is 0. The Hall–Kier alpha value is -2.14. The molecule has 0 aliphatic rings. The van der Waals surface area contributed by atoms with E-state index in [9.17, 15) is 13.9 Å². The summed E-state index contributed by atoms with van der Waals surface area (Å²) in [5, 5.41) is 9.79. The maximum absolute atomic E-state index is 13.6. The summed E-state index contributed by atoms with van der Waals surface area (Å²) < 4.78 is 37.3. The minimum absolute atomic E-state index is 0.212. The second-order valence-corrected chi connectivity index (χ2v) is 4.20. The SMILES string of the molecule is COc1cccc(Oc2cccc(F)c2F)c1[C@H](C)O. The highest BCUT2D eigenvalue weighted by molar-refractivity contribution is 5.48. The van der Waals surface area contributed by atoms with Crippen molar-refractivity contribution in [2.75, 3.05) is 7.11 Å². The molecule has 0 aliphatic carbocycles. The first-order valence-electron chi connectivity index (χ1n) is 6.01. The van der Waals surface area contributed by atoms with Gasteiger partial charge >= 0.3 is 0 Å². The number of benzene rings is 2. The van der Waals surface area contributed by atoms with Gasteiger partial charge in [-0.2, -0.15) is 4.39 Å². The number of methoxy groups -OCH3 is 1. The van der Waals surface area contributed by atoms with E-state index in [0.29, 0.717) is 11.3 Å². The topological polar surface area (TPSA) is 38.7 Å². The van der Waals surface area contributed by atoms with Gasteiger partial charge in [-0.15, -0.1) is 0 Å². The third-order valence-corrected chi connectivity index (χ3v) is 2.80. The second kappa shape index (κ2) is 5.88. The molecule has 3 nitrogen and oxygen atoms in total. The number of hydrogen-bond donors (Lipinski definition) is 1. The van der Waals surface area contributed by atoms with E-state index < -0.39 is 17.7 Å². The van der Waals surface area contributed by atoms with Crippen LogP contribution in [0.3, 0.4) is 0 Å². The minimum atomic E-state index is -1.08. The predicted molar refractivity (Wildman–Crippen MR) is 70.1 cm³/mol. The third kappa shape index (κ3) is 2.72. The molecule has 5 heteroatoms. The molecule has 0 amide bonds. The molecule has 0 saturated heterocycles. The molecule has 1 atom stereocenters. The first kappa shape index (κ1) is 14.3. The number of rotatable bonds is 4. The summed E-state index contributed by atoms with van der Waals surface area (Å²) in [5.41, 5.74) is 0.374. The number of aliphatic hydroxyl groups excluding tert-OH is 1. The van der Waals surface area contributed by atoms with Crippen LogP contribution >= 0.6 is 0 Å². The summed E-state index contributed by atoms with van der Waals surface area (Å²) in [6.45, 7) is 1.53. The van der Waals surface area contributed by atoms with Crippen molar-refractivity contribution >= 4 is 0 Å². The van der Waals surface area contributed by atoms with Crippen LogP contribution in [0.2, 0.25) is 0 Å². The molecular weight excluding hydrogens is 266 g/mol. The average Bonchev–Trinajstić information content (AvgIpc) is 2.43. The van der Waals surface area contributed by atoms with E-state index >= 15 is 0 Å². The van der Waals surface area contributed by atoms with Crippen LogP contribution in [0.15, 0.2) is 36.4 Å². The van der Waals surface area contributed by atoms with Crippen molar-refractivity contribution in [3.63, 3.8) is 0 Å². The van der Waals surface area contributed by atoms with Crippen LogP contribution in [0, 0.1) is 11.6 Å². The van der Waals surface area contributed by atoms with Crippen molar-refractivity contribution in [2.45, 2.75) is 13.0 Å². The molecule has 0 aromatic heterocycles. The standard InChI is InChI=1S/C15H14F2O3/c1-9(18)14-11(19-2)6-4-7-12(14)20-13-8-3-5-10(16)15(13)17/h3-9,18H,1-2H3/t9-/m0/s1. The minimum Gasteiger partial charge on any atom is -0.496 e.